The zero-order valence-electron chi connectivity index (χ0n) is 11.8. The summed E-state index contributed by atoms with van der Waals surface area (Å²) in [6.07, 6.45) is 1.65. The van der Waals surface area contributed by atoms with E-state index < -0.39 is 0 Å². The zero-order chi connectivity index (χ0) is 14.8. The van der Waals surface area contributed by atoms with E-state index in [2.05, 4.69) is 10.2 Å². The van der Waals surface area contributed by atoms with Crippen molar-refractivity contribution in [2.45, 2.75) is 25.7 Å². The molecule has 0 saturated carbocycles. The average molecular weight is 289 g/mol. The van der Waals surface area contributed by atoms with Gasteiger partial charge in [0.2, 0.25) is 17.7 Å². The normalized spacial score (nSPS) is 16.2. The fraction of sp³-hybridized carbons (Fsp3) is 0.400. The van der Waals surface area contributed by atoms with E-state index in [0.29, 0.717) is 30.4 Å². The molecule has 1 aliphatic rings. The molecule has 1 aromatic heterocycles. The highest BCUT2D eigenvalue weighted by Crippen LogP contribution is 2.29. The van der Waals surface area contributed by atoms with Crippen LogP contribution >= 0.6 is 0 Å². The van der Waals surface area contributed by atoms with E-state index in [-0.39, 0.29) is 17.6 Å². The zero-order valence-corrected chi connectivity index (χ0v) is 11.8. The first-order chi connectivity index (χ1) is 10.1. The Morgan fingerprint density at radius 2 is 1.90 bits per heavy atom. The van der Waals surface area contributed by atoms with Gasteiger partial charge in [0.15, 0.2) is 0 Å². The van der Waals surface area contributed by atoms with Gasteiger partial charge in [0.25, 0.3) is 0 Å². The molecule has 0 aliphatic carbocycles. The average Bonchev–Trinajstić information content (AvgIpc) is 2.98. The van der Waals surface area contributed by atoms with E-state index in [9.17, 15) is 9.18 Å². The van der Waals surface area contributed by atoms with Gasteiger partial charge in [0.05, 0.1) is 0 Å². The van der Waals surface area contributed by atoms with Crippen LogP contribution in [0.4, 0.5) is 4.39 Å². The molecule has 1 aliphatic heterocycles. The molecule has 0 atom stereocenters. The van der Waals surface area contributed by atoms with Gasteiger partial charge in [-0.05, 0) is 37.1 Å². The minimum Gasteiger partial charge on any atom is -0.420 e. The second-order valence-corrected chi connectivity index (χ2v) is 5.23. The molecular weight excluding hydrogens is 273 g/mol. The van der Waals surface area contributed by atoms with Crippen LogP contribution in [-0.4, -0.2) is 34.1 Å². The Labute approximate surface area is 121 Å². The fourth-order valence-electron chi connectivity index (χ4n) is 2.55. The number of piperidine rings is 1. The number of amides is 1. The van der Waals surface area contributed by atoms with Crippen LogP contribution in [0.5, 0.6) is 0 Å². The monoisotopic (exact) mass is 289 g/mol. The lowest BCUT2D eigenvalue weighted by molar-refractivity contribution is -0.129. The van der Waals surface area contributed by atoms with Crippen LogP contribution in [0.25, 0.3) is 11.5 Å². The summed E-state index contributed by atoms with van der Waals surface area (Å²) in [4.78, 5) is 13.1. The topological polar surface area (TPSA) is 59.2 Å². The van der Waals surface area contributed by atoms with Crippen molar-refractivity contribution in [3.63, 3.8) is 0 Å². The summed E-state index contributed by atoms with van der Waals surface area (Å²) < 4.78 is 18.6. The van der Waals surface area contributed by atoms with Crippen molar-refractivity contribution >= 4 is 5.91 Å². The summed E-state index contributed by atoms with van der Waals surface area (Å²) in [5.74, 6) is 0.986. The number of nitrogens with zero attached hydrogens (tertiary/aromatic N) is 3. The molecule has 2 heterocycles. The first-order valence-electron chi connectivity index (χ1n) is 6.98. The van der Waals surface area contributed by atoms with Gasteiger partial charge in [0, 0.05) is 31.5 Å². The maximum Gasteiger partial charge on any atom is 0.247 e. The summed E-state index contributed by atoms with van der Waals surface area (Å²) in [6.45, 7) is 3.02. The SMILES string of the molecule is CC(=O)N1CCC(c2nnc(-c3ccc(F)cc3)o2)CC1. The van der Waals surface area contributed by atoms with E-state index >= 15 is 0 Å². The number of likely N-dealkylation sites (tertiary alicyclic amines) is 1. The van der Waals surface area contributed by atoms with Crippen LogP contribution in [0.15, 0.2) is 28.7 Å². The molecule has 0 N–H and O–H groups in total. The third kappa shape index (κ3) is 2.94. The van der Waals surface area contributed by atoms with Crippen LogP contribution in [0.2, 0.25) is 0 Å². The molecule has 3 rings (SSSR count). The van der Waals surface area contributed by atoms with Crippen LogP contribution in [0, 0.1) is 5.82 Å². The molecule has 1 saturated heterocycles. The third-order valence-electron chi connectivity index (χ3n) is 3.82. The number of benzene rings is 1. The Kier molecular flexibility index (Phi) is 3.68. The van der Waals surface area contributed by atoms with Crippen molar-refractivity contribution in [2.75, 3.05) is 13.1 Å². The standard InChI is InChI=1S/C15H16FN3O2/c1-10(20)19-8-6-12(7-9-19)15-18-17-14(21-15)11-2-4-13(16)5-3-11/h2-5,12H,6-9H2,1H3. The number of halogens is 1. The van der Waals surface area contributed by atoms with Crippen LogP contribution in [-0.2, 0) is 4.79 Å². The van der Waals surface area contributed by atoms with E-state index in [4.69, 9.17) is 4.42 Å². The molecule has 0 radical (unpaired) electrons. The second-order valence-electron chi connectivity index (χ2n) is 5.23. The Morgan fingerprint density at radius 1 is 1.24 bits per heavy atom. The third-order valence-corrected chi connectivity index (χ3v) is 3.82. The molecule has 0 unspecified atom stereocenters. The van der Waals surface area contributed by atoms with Crippen molar-refractivity contribution in [3.8, 4) is 11.5 Å². The van der Waals surface area contributed by atoms with Crippen molar-refractivity contribution in [1.29, 1.82) is 0 Å². The molecular formula is C15H16FN3O2. The fourth-order valence-corrected chi connectivity index (χ4v) is 2.55. The van der Waals surface area contributed by atoms with Gasteiger partial charge < -0.3 is 9.32 Å². The Balaban J connectivity index is 1.71. The number of rotatable bonds is 2. The quantitative estimate of drug-likeness (QED) is 0.852. The second kappa shape index (κ2) is 5.63. The summed E-state index contributed by atoms with van der Waals surface area (Å²) >= 11 is 0. The summed E-state index contributed by atoms with van der Waals surface area (Å²) in [6, 6.07) is 5.96. The highest BCUT2D eigenvalue weighted by Gasteiger charge is 2.26. The van der Waals surface area contributed by atoms with Crippen LogP contribution < -0.4 is 0 Å². The van der Waals surface area contributed by atoms with Gasteiger partial charge in [-0.3, -0.25) is 4.79 Å². The van der Waals surface area contributed by atoms with Gasteiger partial charge >= 0.3 is 0 Å². The number of hydrogen-bond donors (Lipinski definition) is 0. The molecule has 0 bridgehead atoms. The number of carbonyl (C=O) groups excluding carboxylic acids is 1. The minimum atomic E-state index is -0.296. The Hall–Kier alpha value is -2.24. The minimum absolute atomic E-state index is 0.103. The summed E-state index contributed by atoms with van der Waals surface area (Å²) in [5, 5.41) is 8.12. The molecule has 0 spiro atoms. The smallest absolute Gasteiger partial charge is 0.247 e. The lowest BCUT2D eigenvalue weighted by atomic mass is 9.97. The summed E-state index contributed by atoms with van der Waals surface area (Å²) in [7, 11) is 0. The van der Waals surface area contributed by atoms with Crippen molar-refractivity contribution < 1.29 is 13.6 Å². The summed E-state index contributed by atoms with van der Waals surface area (Å²) in [5.41, 5.74) is 0.705. The first-order valence-corrected chi connectivity index (χ1v) is 6.98. The maximum atomic E-state index is 12.9. The van der Waals surface area contributed by atoms with Gasteiger partial charge in [-0.15, -0.1) is 10.2 Å². The Bertz CT molecular complexity index is 631. The number of hydrogen-bond acceptors (Lipinski definition) is 4. The highest BCUT2D eigenvalue weighted by molar-refractivity contribution is 5.73. The predicted octanol–water partition coefficient (Wildman–Crippen LogP) is 2.60. The van der Waals surface area contributed by atoms with E-state index in [0.717, 1.165) is 12.8 Å². The largest absolute Gasteiger partial charge is 0.420 e. The van der Waals surface area contributed by atoms with Crippen LogP contribution in [0.1, 0.15) is 31.6 Å². The van der Waals surface area contributed by atoms with Gasteiger partial charge in [-0.2, -0.15) is 0 Å². The van der Waals surface area contributed by atoms with Crippen molar-refractivity contribution in [2.24, 2.45) is 0 Å². The molecule has 1 amide bonds. The van der Waals surface area contributed by atoms with Crippen molar-refractivity contribution in [1.82, 2.24) is 15.1 Å². The highest BCUT2D eigenvalue weighted by atomic mass is 19.1. The first kappa shape index (κ1) is 13.7. The Morgan fingerprint density at radius 3 is 2.52 bits per heavy atom. The van der Waals surface area contributed by atoms with E-state index in [1.54, 1.807) is 19.1 Å². The lowest BCUT2D eigenvalue weighted by Crippen LogP contribution is -2.36. The molecule has 1 aromatic carbocycles. The van der Waals surface area contributed by atoms with Crippen molar-refractivity contribution in [3.05, 3.63) is 36.0 Å². The molecule has 6 heteroatoms. The van der Waals surface area contributed by atoms with Gasteiger partial charge in [-0.1, -0.05) is 0 Å². The predicted molar refractivity (Wildman–Crippen MR) is 73.9 cm³/mol. The molecule has 2 aromatic rings. The molecule has 21 heavy (non-hydrogen) atoms. The van der Waals surface area contributed by atoms with E-state index in [1.165, 1.54) is 12.1 Å². The number of carbonyl (C=O) groups is 1. The maximum absolute atomic E-state index is 12.9. The van der Waals surface area contributed by atoms with Crippen LogP contribution in [0.3, 0.4) is 0 Å². The molecule has 5 nitrogen and oxygen atoms in total. The molecule has 110 valence electrons. The van der Waals surface area contributed by atoms with Gasteiger partial charge in [-0.25, -0.2) is 4.39 Å². The number of aromatic nitrogens is 2. The molecule has 1 fully saturated rings. The van der Waals surface area contributed by atoms with E-state index in [1.807, 2.05) is 4.90 Å². The lowest BCUT2D eigenvalue weighted by Gasteiger charge is -2.29. The van der Waals surface area contributed by atoms with Gasteiger partial charge in [0.1, 0.15) is 5.82 Å².